The Balaban J connectivity index is 2.19. The van der Waals surface area contributed by atoms with E-state index in [-0.39, 0.29) is 11.5 Å². The van der Waals surface area contributed by atoms with Crippen LogP contribution in [0.1, 0.15) is 58.0 Å². The second-order valence-electron chi connectivity index (χ2n) is 6.13. The highest BCUT2D eigenvalue weighted by molar-refractivity contribution is 6.06. The Labute approximate surface area is 125 Å². The molecule has 1 amide bonds. The van der Waals surface area contributed by atoms with Gasteiger partial charge in [0.2, 0.25) is 0 Å². The van der Waals surface area contributed by atoms with Crippen molar-refractivity contribution in [2.75, 3.05) is 6.54 Å². The average Bonchev–Trinajstić information content (AvgIpc) is 2.83. The monoisotopic (exact) mass is 289 g/mol. The predicted molar refractivity (Wildman–Crippen MR) is 81.7 cm³/mol. The Kier molecular flexibility index (Phi) is 4.66. The topological polar surface area (TPSA) is 66.4 Å². The van der Waals surface area contributed by atoms with Gasteiger partial charge in [0.25, 0.3) is 5.91 Å². The van der Waals surface area contributed by atoms with Crippen LogP contribution in [0.4, 0.5) is 0 Å². The summed E-state index contributed by atoms with van der Waals surface area (Å²) in [6.07, 6.45) is 3.57. The summed E-state index contributed by atoms with van der Waals surface area (Å²) in [5, 5.41) is 12.3. The summed E-state index contributed by atoms with van der Waals surface area (Å²) in [7, 11) is 0. The van der Waals surface area contributed by atoms with Crippen molar-refractivity contribution in [1.29, 1.82) is 0 Å². The number of hydrogen-bond donors (Lipinski definition) is 2. The molecule has 2 N–H and O–H groups in total. The molecule has 2 atom stereocenters. The van der Waals surface area contributed by atoms with Crippen LogP contribution in [0.3, 0.4) is 0 Å². The molecule has 1 fully saturated rings. The molecule has 0 aromatic heterocycles. The molecule has 2 rings (SSSR count). The van der Waals surface area contributed by atoms with E-state index in [0.717, 1.165) is 6.42 Å². The third-order valence-corrected chi connectivity index (χ3v) is 4.63. The van der Waals surface area contributed by atoms with Gasteiger partial charge in [0.05, 0.1) is 11.1 Å². The molecule has 2 unspecified atom stereocenters. The number of amides is 1. The van der Waals surface area contributed by atoms with Crippen molar-refractivity contribution >= 4 is 11.9 Å². The van der Waals surface area contributed by atoms with E-state index in [4.69, 9.17) is 0 Å². The van der Waals surface area contributed by atoms with Gasteiger partial charge in [-0.3, -0.25) is 4.79 Å². The number of rotatable bonds is 4. The maximum absolute atomic E-state index is 12.4. The zero-order valence-electron chi connectivity index (χ0n) is 12.9. The van der Waals surface area contributed by atoms with Gasteiger partial charge < -0.3 is 10.4 Å². The molecule has 1 aliphatic rings. The smallest absolute Gasteiger partial charge is 0.336 e. The van der Waals surface area contributed by atoms with E-state index in [2.05, 4.69) is 12.2 Å². The number of hydrogen-bond acceptors (Lipinski definition) is 2. The minimum absolute atomic E-state index is 0.118. The van der Waals surface area contributed by atoms with E-state index in [0.29, 0.717) is 35.1 Å². The molecule has 0 heterocycles. The number of nitrogens with one attached hydrogen (secondary N) is 1. The van der Waals surface area contributed by atoms with Gasteiger partial charge in [0, 0.05) is 6.54 Å². The lowest BCUT2D eigenvalue weighted by atomic mass is 9.95. The fraction of sp³-hybridized carbons (Fsp3) is 0.529. The van der Waals surface area contributed by atoms with Crippen LogP contribution in [-0.2, 0) is 0 Å². The van der Waals surface area contributed by atoms with Crippen LogP contribution >= 0.6 is 0 Å². The van der Waals surface area contributed by atoms with Crippen molar-refractivity contribution in [2.24, 2.45) is 11.8 Å². The fourth-order valence-electron chi connectivity index (χ4n) is 3.22. The molecule has 1 saturated carbocycles. The molecule has 0 bridgehead atoms. The molecule has 0 saturated heterocycles. The first-order valence-corrected chi connectivity index (χ1v) is 7.53. The molecule has 4 nitrogen and oxygen atoms in total. The van der Waals surface area contributed by atoms with Crippen molar-refractivity contribution in [1.82, 2.24) is 5.32 Å². The summed E-state index contributed by atoms with van der Waals surface area (Å²) in [6.45, 7) is 6.34. The van der Waals surface area contributed by atoms with Crippen LogP contribution in [-0.4, -0.2) is 23.5 Å². The van der Waals surface area contributed by atoms with E-state index in [1.54, 1.807) is 26.0 Å². The van der Waals surface area contributed by atoms with Gasteiger partial charge in [-0.15, -0.1) is 0 Å². The second-order valence-corrected chi connectivity index (χ2v) is 6.13. The number of aromatic carboxylic acids is 1. The highest BCUT2D eigenvalue weighted by Crippen LogP contribution is 2.30. The summed E-state index contributed by atoms with van der Waals surface area (Å²) in [5.74, 6) is -0.182. The maximum atomic E-state index is 12.4. The molecule has 114 valence electrons. The quantitative estimate of drug-likeness (QED) is 0.894. The molecule has 1 aliphatic carbocycles. The van der Waals surface area contributed by atoms with Crippen LogP contribution in [0, 0.1) is 25.7 Å². The second kappa shape index (κ2) is 6.29. The van der Waals surface area contributed by atoms with Gasteiger partial charge >= 0.3 is 5.97 Å². The third kappa shape index (κ3) is 3.26. The number of carboxylic acids is 1. The van der Waals surface area contributed by atoms with Crippen molar-refractivity contribution in [2.45, 2.75) is 40.0 Å². The molecule has 0 spiro atoms. The summed E-state index contributed by atoms with van der Waals surface area (Å²) >= 11 is 0. The minimum atomic E-state index is -1.05. The number of carbonyl (C=O) groups is 2. The number of benzene rings is 1. The fourth-order valence-corrected chi connectivity index (χ4v) is 3.22. The summed E-state index contributed by atoms with van der Waals surface area (Å²) < 4.78 is 0. The van der Waals surface area contributed by atoms with Gasteiger partial charge in [-0.25, -0.2) is 4.79 Å². The Morgan fingerprint density at radius 2 is 1.81 bits per heavy atom. The predicted octanol–water partition coefficient (Wildman–Crippen LogP) is 3.17. The van der Waals surface area contributed by atoms with Crippen molar-refractivity contribution in [3.8, 4) is 0 Å². The zero-order valence-corrected chi connectivity index (χ0v) is 12.9. The number of carbonyl (C=O) groups excluding carboxylic acids is 1. The van der Waals surface area contributed by atoms with Crippen LogP contribution in [0.5, 0.6) is 0 Å². The van der Waals surface area contributed by atoms with E-state index in [9.17, 15) is 14.7 Å². The van der Waals surface area contributed by atoms with E-state index < -0.39 is 5.97 Å². The van der Waals surface area contributed by atoms with Gasteiger partial charge in [0.1, 0.15) is 0 Å². The van der Waals surface area contributed by atoms with Crippen LogP contribution < -0.4 is 5.32 Å². The lowest BCUT2D eigenvalue weighted by Gasteiger charge is -2.17. The molecule has 0 radical (unpaired) electrons. The van der Waals surface area contributed by atoms with Crippen LogP contribution in [0.15, 0.2) is 12.1 Å². The van der Waals surface area contributed by atoms with Gasteiger partial charge in [0.15, 0.2) is 0 Å². The molecular formula is C17H23NO3. The highest BCUT2D eigenvalue weighted by Gasteiger charge is 2.25. The Hall–Kier alpha value is -1.84. The van der Waals surface area contributed by atoms with Gasteiger partial charge in [-0.05, 0) is 43.2 Å². The molecule has 1 aromatic rings. The largest absolute Gasteiger partial charge is 0.478 e. The maximum Gasteiger partial charge on any atom is 0.336 e. The third-order valence-electron chi connectivity index (χ3n) is 4.63. The Morgan fingerprint density at radius 3 is 2.33 bits per heavy atom. The lowest BCUT2D eigenvalue weighted by molar-refractivity contribution is 0.0689. The molecular weight excluding hydrogens is 266 g/mol. The normalized spacial score (nSPS) is 21.3. The first kappa shape index (κ1) is 15.5. The zero-order chi connectivity index (χ0) is 15.6. The first-order chi connectivity index (χ1) is 9.91. The summed E-state index contributed by atoms with van der Waals surface area (Å²) in [5.41, 5.74) is 1.74. The molecule has 0 aliphatic heterocycles. The SMILES string of the molecule is Cc1ccc(C)c(C(=O)NCC2CCCC2C)c1C(=O)O. The average molecular weight is 289 g/mol. The lowest BCUT2D eigenvalue weighted by Crippen LogP contribution is -2.32. The minimum Gasteiger partial charge on any atom is -0.478 e. The van der Waals surface area contributed by atoms with Crippen LogP contribution in [0.25, 0.3) is 0 Å². The molecule has 1 aromatic carbocycles. The number of aryl methyl sites for hydroxylation is 2. The number of carboxylic acid groups (broad SMARTS) is 1. The first-order valence-electron chi connectivity index (χ1n) is 7.53. The summed E-state index contributed by atoms with van der Waals surface area (Å²) in [6, 6.07) is 3.55. The highest BCUT2D eigenvalue weighted by atomic mass is 16.4. The van der Waals surface area contributed by atoms with Crippen molar-refractivity contribution < 1.29 is 14.7 Å². The van der Waals surface area contributed by atoms with E-state index >= 15 is 0 Å². The standard InChI is InChI=1S/C17H23NO3/c1-10-5-4-6-13(10)9-18-16(19)14-11(2)7-8-12(3)15(14)17(20)21/h7-8,10,13H,4-6,9H2,1-3H3,(H,18,19)(H,20,21). The van der Waals surface area contributed by atoms with E-state index in [1.807, 2.05) is 0 Å². The van der Waals surface area contributed by atoms with E-state index in [1.165, 1.54) is 12.8 Å². The van der Waals surface area contributed by atoms with Gasteiger partial charge in [-0.1, -0.05) is 31.9 Å². The molecule has 21 heavy (non-hydrogen) atoms. The van der Waals surface area contributed by atoms with Gasteiger partial charge in [-0.2, -0.15) is 0 Å². The van der Waals surface area contributed by atoms with Crippen molar-refractivity contribution in [3.63, 3.8) is 0 Å². The Morgan fingerprint density at radius 1 is 1.19 bits per heavy atom. The van der Waals surface area contributed by atoms with Crippen LogP contribution in [0.2, 0.25) is 0 Å². The van der Waals surface area contributed by atoms with Crippen molar-refractivity contribution in [3.05, 3.63) is 34.4 Å². The Bertz CT molecular complexity index is 565. The molecule has 4 heteroatoms. The summed E-state index contributed by atoms with van der Waals surface area (Å²) in [4.78, 5) is 23.9.